The summed E-state index contributed by atoms with van der Waals surface area (Å²) in [7, 11) is 3.59. The van der Waals surface area contributed by atoms with Crippen LogP contribution in [-0.2, 0) is 14.1 Å². The van der Waals surface area contributed by atoms with Gasteiger partial charge < -0.3 is 9.84 Å². The molecule has 5 rings (SSSR count). The Labute approximate surface area is 183 Å². The molecule has 0 saturated carbocycles. The molecular formula is C23H22N6O3. The number of pyridine rings is 2. The molecule has 0 amide bonds. The van der Waals surface area contributed by atoms with E-state index in [1.807, 2.05) is 44.4 Å². The minimum atomic E-state index is -0.150. The van der Waals surface area contributed by atoms with Gasteiger partial charge >= 0.3 is 5.69 Å². The molecule has 0 radical (unpaired) electrons. The van der Waals surface area contributed by atoms with E-state index >= 15 is 0 Å². The molecule has 0 aliphatic carbocycles. The number of imidazole rings is 1. The zero-order chi connectivity index (χ0) is 22.4. The van der Waals surface area contributed by atoms with E-state index < -0.39 is 0 Å². The Hall–Kier alpha value is -3.98. The Kier molecular flexibility index (Phi) is 4.75. The normalized spacial score (nSPS) is 11.5. The molecule has 0 aliphatic rings. The molecular weight excluding hydrogens is 408 g/mol. The number of fused-ring (bicyclic) bond motifs is 3. The number of rotatable bonds is 5. The Morgan fingerprint density at radius 2 is 1.88 bits per heavy atom. The van der Waals surface area contributed by atoms with Crippen LogP contribution in [0, 0.1) is 6.92 Å². The molecule has 9 heteroatoms. The first-order valence-electron chi connectivity index (χ1n) is 10.2. The molecule has 1 aromatic carbocycles. The predicted octanol–water partition coefficient (Wildman–Crippen LogP) is 2.35. The number of aliphatic hydroxyl groups excluding tert-OH is 1. The van der Waals surface area contributed by atoms with Crippen LogP contribution in [0.15, 0.2) is 53.7 Å². The van der Waals surface area contributed by atoms with Crippen LogP contribution in [0.3, 0.4) is 0 Å². The molecule has 162 valence electrons. The summed E-state index contributed by atoms with van der Waals surface area (Å²) in [6, 6.07) is 9.63. The van der Waals surface area contributed by atoms with Gasteiger partial charge in [-0.15, -0.1) is 0 Å². The molecule has 0 spiro atoms. The summed E-state index contributed by atoms with van der Waals surface area (Å²) >= 11 is 0. The molecule has 4 heterocycles. The Bertz CT molecular complexity index is 1510. The lowest BCUT2D eigenvalue weighted by Crippen LogP contribution is -2.21. The number of hydrogen-bond acceptors (Lipinski definition) is 6. The maximum absolute atomic E-state index is 13.2. The van der Waals surface area contributed by atoms with Crippen molar-refractivity contribution in [2.45, 2.75) is 6.92 Å². The Morgan fingerprint density at radius 3 is 2.56 bits per heavy atom. The zero-order valence-electron chi connectivity index (χ0n) is 18.0. The number of aryl methyl sites for hydroxylation is 3. The number of ether oxygens (including phenoxy) is 1. The number of aliphatic hydroxyl groups is 1. The first-order valence-corrected chi connectivity index (χ1v) is 10.2. The van der Waals surface area contributed by atoms with E-state index in [9.17, 15) is 4.79 Å². The summed E-state index contributed by atoms with van der Waals surface area (Å²) in [5.41, 5.74) is 5.53. The maximum Gasteiger partial charge on any atom is 0.333 e. The van der Waals surface area contributed by atoms with Crippen molar-refractivity contribution < 1.29 is 9.84 Å². The Balaban J connectivity index is 1.73. The van der Waals surface area contributed by atoms with Crippen LogP contribution in [-0.4, -0.2) is 47.2 Å². The quantitative estimate of drug-likeness (QED) is 0.460. The van der Waals surface area contributed by atoms with E-state index in [0.717, 1.165) is 44.4 Å². The molecule has 0 saturated heterocycles. The average Bonchev–Trinajstić information content (AvgIpc) is 3.27. The van der Waals surface area contributed by atoms with Crippen molar-refractivity contribution in [3.05, 3.63) is 65.1 Å². The summed E-state index contributed by atoms with van der Waals surface area (Å²) in [6.07, 6.45) is 5.31. The average molecular weight is 430 g/mol. The fraction of sp³-hybridized carbons (Fsp3) is 0.217. The van der Waals surface area contributed by atoms with Gasteiger partial charge in [0.25, 0.3) is 0 Å². The van der Waals surface area contributed by atoms with Crippen molar-refractivity contribution in [3.63, 3.8) is 0 Å². The highest BCUT2D eigenvalue weighted by Gasteiger charge is 2.19. The highest BCUT2D eigenvalue weighted by molar-refractivity contribution is 6.04. The van der Waals surface area contributed by atoms with E-state index in [1.54, 1.807) is 39.3 Å². The van der Waals surface area contributed by atoms with Crippen molar-refractivity contribution >= 4 is 21.9 Å². The molecule has 1 N–H and O–H groups in total. The number of hydrogen-bond donors (Lipinski definition) is 1. The van der Waals surface area contributed by atoms with E-state index in [-0.39, 0.29) is 18.9 Å². The van der Waals surface area contributed by atoms with Crippen molar-refractivity contribution in [1.29, 1.82) is 0 Å². The van der Waals surface area contributed by atoms with Crippen molar-refractivity contribution in [2.75, 3.05) is 13.2 Å². The van der Waals surface area contributed by atoms with Gasteiger partial charge in [0.1, 0.15) is 6.61 Å². The van der Waals surface area contributed by atoms with E-state index in [1.165, 1.54) is 0 Å². The summed E-state index contributed by atoms with van der Waals surface area (Å²) in [5, 5.41) is 14.2. The maximum atomic E-state index is 13.2. The second-order valence-electron chi connectivity index (χ2n) is 7.63. The van der Waals surface area contributed by atoms with Crippen LogP contribution in [0.1, 0.15) is 5.69 Å². The topological polar surface area (TPSA) is 100.0 Å². The summed E-state index contributed by atoms with van der Waals surface area (Å²) in [6.45, 7) is 2.03. The van der Waals surface area contributed by atoms with Crippen LogP contribution in [0.5, 0.6) is 5.88 Å². The van der Waals surface area contributed by atoms with Gasteiger partial charge in [-0.2, -0.15) is 5.10 Å². The molecule has 5 aromatic rings. The lowest BCUT2D eigenvalue weighted by atomic mass is 10.0. The third-order valence-corrected chi connectivity index (χ3v) is 5.52. The first-order chi connectivity index (χ1) is 15.5. The largest absolute Gasteiger partial charge is 0.475 e. The minimum absolute atomic E-state index is 0.0632. The smallest absolute Gasteiger partial charge is 0.333 e. The number of nitrogens with zero attached hydrogens (tertiary/aromatic N) is 6. The van der Waals surface area contributed by atoms with Crippen molar-refractivity contribution in [2.24, 2.45) is 14.1 Å². The van der Waals surface area contributed by atoms with Crippen LogP contribution >= 0.6 is 0 Å². The second kappa shape index (κ2) is 7.61. The fourth-order valence-corrected chi connectivity index (χ4v) is 3.99. The molecule has 0 atom stereocenters. The van der Waals surface area contributed by atoms with Crippen molar-refractivity contribution in [3.8, 4) is 22.7 Å². The standard InChI is InChI=1S/C23H22N6O3/c1-14-20(13-27(2)26-14)29-22-17-10-15(16-5-7-21(25-11-16)32-9-8-30)4-6-18(17)24-12-19(22)28(3)23(29)31/h4-7,10-13,30H,8-9H2,1-3H3. The molecule has 0 unspecified atom stereocenters. The second-order valence-corrected chi connectivity index (χ2v) is 7.63. The lowest BCUT2D eigenvalue weighted by molar-refractivity contribution is 0.196. The molecule has 9 nitrogen and oxygen atoms in total. The monoisotopic (exact) mass is 430 g/mol. The van der Waals surface area contributed by atoms with E-state index in [4.69, 9.17) is 9.84 Å². The highest BCUT2D eigenvalue weighted by Crippen LogP contribution is 2.30. The van der Waals surface area contributed by atoms with E-state index in [0.29, 0.717) is 5.88 Å². The van der Waals surface area contributed by atoms with Gasteiger partial charge in [0.15, 0.2) is 0 Å². The summed E-state index contributed by atoms with van der Waals surface area (Å²) in [5.74, 6) is 0.455. The highest BCUT2D eigenvalue weighted by atomic mass is 16.5. The van der Waals surface area contributed by atoms with Crippen LogP contribution in [0.2, 0.25) is 0 Å². The van der Waals surface area contributed by atoms with E-state index in [2.05, 4.69) is 15.1 Å². The number of benzene rings is 1. The molecule has 0 aliphatic heterocycles. The van der Waals surface area contributed by atoms with Gasteiger partial charge in [0.05, 0.1) is 40.7 Å². The number of aromatic nitrogens is 6. The summed E-state index contributed by atoms with van der Waals surface area (Å²) < 4.78 is 10.4. The minimum Gasteiger partial charge on any atom is -0.475 e. The Morgan fingerprint density at radius 1 is 1.06 bits per heavy atom. The molecule has 32 heavy (non-hydrogen) atoms. The first kappa shape index (κ1) is 20.0. The van der Waals surface area contributed by atoms with Crippen LogP contribution in [0.25, 0.3) is 38.8 Å². The third kappa shape index (κ3) is 3.14. The van der Waals surface area contributed by atoms with Gasteiger partial charge in [-0.3, -0.25) is 18.8 Å². The molecule has 0 fully saturated rings. The van der Waals surface area contributed by atoms with Gasteiger partial charge in [0.2, 0.25) is 5.88 Å². The van der Waals surface area contributed by atoms with Gasteiger partial charge in [-0.05, 0) is 30.7 Å². The van der Waals surface area contributed by atoms with Gasteiger partial charge in [0, 0.05) is 43.5 Å². The lowest BCUT2D eigenvalue weighted by Gasteiger charge is -2.08. The van der Waals surface area contributed by atoms with Gasteiger partial charge in [-0.25, -0.2) is 9.78 Å². The third-order valence-electron chi connectivity index (χ3n) is 5.52. The van der Waals surface area contributed by atoms with Crippen molar-refractivity contribution in [1.82, 2.24) is 28.9 Å². The SMILES string of the molecule is Cc1nn(C)cc1-n1c(=O)n(C)c2cnc3ccc(-c4ccc(OCCO)nc4)cc3c21. The summed E-state index contributed by atoms with van der Waals surface area (Å²) in [4.78, 5) is 22.1. The van der Waals surface area contributed by atoms with Crippen LogP contribution in [0.4, 0.5) is 0 Å². The molecule has 4 aromatic heterocycles. The van der Waals surface area contributed by atoms with Gasteiger partial charge in [-0.1, -0.05) is 6.07 Å². The van der Waals surface area contributed by atoms with Crippen LogP contribution < -0.4 is 10.4 Å². The molecule has 0 bridgehead atoms. The predicted molar refractivity (Wildman–Crippen MR) is 121 cm³/mol. The zero-order valence-corrected chi connectivity index (χ0v) is 18.0. The fourth-order valence-electron chi connectivity index (χ4n) is 3.99.